The molecule has 1 aliphatic rings. The molecule has 1 aliphatic heterocycles. The maximum Gasteiger partial charge on any atom is 0.0470 e. The van der Waals surface area contributed by atoms with Crippen LogP contribution in [0.25, 0.3) is 0 Å². The number of likely N-dealkylation sites (tertiary alicyclic amines) is 1. The van der Waals surface area contributed by atoms with Gasteiger partial charge in [0.05, 0.1) is 0 Å². The second-order valence-electron chi connectivity index (χ2n) is 3.85. The van der Waals surface area contributed by atoms with Crippen molar-refractivity contribution in [2.24, 2.45) is 5.73 Å². The van der Waals surface area contributed by atoms with Gasteiger partial charge in [0, 0.05) is 37.1 Å². The first-order chi connectivity index (χ1) is 6.27. The summed E-state index contributed by atoms with van der Waals surface area (Å²) in [4.78, 5) is 5.67. The molecule has 0 saturated carbocycles. The van der Waals surface area contributed by atoms with E-state index in [-0.39, 0.29) is 12.4 Å². The summed E-state index contributed by atoms with van der Waals surface area (Å²) in [6.45, 7) is 4.38. The Morgan fingerprint density at radius 3 is 2.93 bits per heavy atom. The Bertz CT molecular complexity index is 260. The molecule has 0 bridgehead atoms. The molecule has 0 radical (unpaired) electrons. The number of nitrogens with two attached hydrogens (primary N) is 1. The van der Waals surface area contributed by atoms with Gasteiger partial charge in [-0.3, -0.25) is 4.90 Å². The van der Waals surface area contributed by atoms with Gasteiger partial charge in [0.15, 0.2) is 0 Å². The molecule has 3 N–H and O–H groups in total. The summed E-state index contributed by atoms with van der Waals surface area (Å²) in [7, 11) is 0. The maximum atomic E-state index is 5.86. The maximum absolute atomic E-state index is 5.86. The molecule has 0 spiro atoms. The molecule has 4 heteroatoms. The Morgan fingerprint density at radius 2 is 2.43 bits per heavy atom. The van der Waals surface area contributed by atoms with E-state index in [2.05, 4.69) is 22.9 Å². The van der Waals surface area contributed by atoms with E-state index < -0.39 is 0 Å². The second-order valence-corrected chi connectivity index (χ2v) is 3.85. The van der Waals surface area contributed by atoms with Crippen molar-refractivity contribution >= 4 is 12.4 Å². The standard InChI is InChI=1S/C10H17N3.ClH/c1-8(10-3-2-5-12-10)13-6-4-9(11)7-13;/h2-3,5,8-9,12H,4,6-7,11H2,1H3;1H. The number of aromatic amines is 1. The fourth-order valence-electron chi connectivity index (χ4n) is 1.97. The molecule has 1 saturated heterocycles. The van der Waals surface area contributed by atoms with E-state index in [1.807, 2.05) is 12.3 Å². The number of nitrogens with zero attached hydrogens (tertiary/aromatic N) is 1. The van der Waals surface area contributed by atoms with Gasteiger partial charge in [-0.25, -0.2) is 0 Å². The van der Waals surface area contributed by atoms with Gasteiger partial charge in [-0.1, -0.05) is 0 Å². The van der Waals surface area contributed by atoms with Gasteiger partial charge in [-0.2, -0.15) is 0 Å². The fourth-order valence-corrected chi connectivity index (χ4v) is 1.97. The highest BCUT2D eigenvalue weighted by atomic mass is 35.5. The molecular weight excluding hydrogens is 198 g/mol. The predicted molar refractivity (Wildman–Crippen MR) is 60.6 cm³/mol. The van der Waals surface area contributed by atoms with Crippen molar-refractivity contribution in [2.45, 2.75) is 25.4 Å². The third kappa shape index (κ3) is 2.29. The van der Waals surface area contributed by atoms with E-state index in [1.54, 1.807) is 0 Å². The van der Waals surface area contributed by atoms with Crippen molar-refractivity contribution in [3.05, 3.63) is 24.0 Å². The lowest BCUT2D eigenvalue weighted by molar-refractivity contribution is 0.256. The van der Waals surface area contributed by atoms with E-state index >= 15 is 0 Å². The average Bonchev–Trinajstić information content (AvgIpc) is 2.72. The lowest BCUT2D eigenvalue weighted by Gasteiger charge is -2.22. The van der Waals surface area contributed by atoms with Crippen LogP contribution < -0.4 is 5.73 Å². The molecule has 1 aromatic heterocycles. The minimum Gasteiger partial charge on any atom is -0.364 e. The summed E-state index contributed by atoms with van der Waals surface area (Å²) >= 11 is 0. The Balaban J connectivity index is 0.000000980. The molecule has 3 nitrogen and oxygen atoms in total. The van der Waals surface area contributed by atoms with Crippen molar-refractivity contribution < 1.29 is 0 Å². The van der Waals surface area contributed by atoms with Crippen LogP contribution in [0.5, 0.6) is 0 Å². The Labute approximate surface area is 91.1 Å². The van der Waals surface area contributed by atoms with E-state index in [0.29, 0.717) is 12.1 Å². The van der Waals surface area contributed by atoms with Gasteiger partial charge in [-0.05, 0) is 25.5 Å². The smallest absolute Gasteiger partial charge is 0.0470 e. The number of aromatic nitrogens is 1. The molecule has 1 aromatic rings. The van der Waals surface area contributed by atoms with Crippen molar-refractivity contribution in [3.8, 4) is 0 Å². The van der Waals surface area contributed by atoms with Gasteiger partial charge in [-0.15, -0.1) is 12.4 Å². The summed E-state index contributed by atoms with van der Waals surface area (Å²) in [5.74, 6) is 0. The molecule has 2 unspecified atom stereocenters. The zero-order valence-corrected chi connectivity index (χ0v) is 9.26. The van der Waals surface area contributed by atoms with Crippen molar-refractivity contribution in [1.29, 1.82) is 0 Å². The molecule has 2 rings (SSSR count). The third-order valence-electron chi connectivity index (χ3n) is 2.88. The molecule has 0 aromatic carbocycles. The molecule has 2 heterocycles. The number of H-pyrrole nitrogens is 1. The second kappa shape index (κ2) is 4.82. The van der Waals surface area contributed by atoms with Gasteiger partial charge >= 0.3 is 0 Å². The zero-order valence-electron chi connectivity index (χ0n) is 8.44. The lowest BCUT2D eigenvalue weighted by Crippen LogP contribution is -2.28. The average molecular weight is 216 g/mol. The van der Waals surface area contributed by atoms with E-state index in [0.717, 1.165) is 19.5 Å². The summed E-state index contributed by atoms with van der Waals surface area (Å²) in [6, 6.07) is 5.03. The Hall–Kier alpha value is -0.510. The number of rotatable bonds is 2. The van der Waals surface area contributed by atoms with E-state index in [4.69, 9.17) is 5.73 Å². The first-order valence-electron chi connectivity index (χ1n) is 4.90. The molecular formula is C10H18ClN3. The first kappa shape index (κ1) is 11.6. The largest absolute Gasteiger partial charge is 0.364 e. The number of halogens is 1. The predicted octanol–water partition coefficient (Wildman–Crippen LogP) is 1.53. The Morgan fingerprint density at radius 1 is 1.64 bits per heavy atom. The lowest BCUT2D eigenvalue weighted by atomic mass is 10.2. The summed E-state index contributed by atoms with van der Waals surface area (Å²) in [5.41, 5.74) is 7.15. The van der Waals surface area contributed by atoms with Crippen LogP contribution in [-0.4, -0.2) is 29.0 Å². The fraction of sp³-hybridized carbons (Fsp3) is 0.600. The van der Waals surface area contributed by atoms with Crippen molar-refractivity contribution in [2.75, 3.05) is 13.1 Å². The molecule has 1 fully saturated rings. The van der Waals surface area contributed by atoms with Gasteiger partial charge in [0.2, 0.25) is 0 Å². The first-order valence-corrected chi connectivity index (χ1v) is 4.90. The highest BCUT2D eigenvalue weighted by molar-refractivity contribution is 5.85. The molecule has 2 atom stereocenters. The van der Waals surface area contributed by atoms with Crippen molar-refractivity contribution in [1.82, 2.24) is 9.88 Å². The van der Waals surface area contributed by atoms with E-state index in [1.165, 1.54) is 5.69 Å². The Kier molecular flexibility index (Phi) is 3.98. The van der Waals surface area contributed by atoms with Crippen LogP contribution in [0, 0.1) is 0 Å². The highest BCUT2D eigenvalue weighted by Crippen LogP contribution is 2.22. The van der Waals surface area contributed by atoms with Crippen LogP contribution in [-0.2, 0) is 0 Å². The van der Waals surface area contributed by atoms with Crippen LogP contribution in [0.3, 0.4) is 0 Å². The molecule has 80 valence electrons. The summed E-state index contributed by atoms with van der Waals surface area (Å²) in [6.07, 6.45) is 3.10. The highest BCUT2D eigenvalue weighted by Gasteiger charge is 2.24. The minimum absolute atomic E-state index is 0. The quantitative estimate of drug-likeness (QED) is 0.786. The molecule has 14 heavy (non-hydrogen) atoms. The zero-order chi connectivity index (χ0) is 9.26. The van der Waals surface area contributed by atoms with Gasteiger partial charge < -0.3 is 10.7 Å². The molecule has 0 amide bonds. The van der Waals surface area contributed by atoms with Gasteiger partial charge in [0.1, 0.15) is 0 Å². The van der Waals surface area contributed by atoms with Crippen LogP contribution in [0.2, 0.25) is 0 Å². The van der Waals surface area contributed by atoms with Crippen molar-refractivity contribution in [3.63, 3.8) is 0 Å². The minimum atomic E-state index is 0. The van der Waals surface area contributed by atoms with Gasteiger partial charge in [0.25, 0.3) is 0 Å². The van der Waals surface area contributed by atoms with Crippen LogP contribution in [0.1, 0.15) is 25.1 Å². The number of hydrogen-bond donors (Lipinski definition) is 2. The van der Waals surface area contributed by atoms with Crippen LogP contribution in [0.15, 0.2) is 18.3 Å². The SMILES string of the molecule is CC(c1ccc[nH]1)N1CCC(N)C1.Cl. The van der Waals surface area contributed by atoms with Crippen LogP contribution >= 0.6 is 12.4 Å². The number of nitrogens with one attached hydrogen (secondary N) is 1. The normalized spacial score (nSPS) is 24.6. The van der Waals surface area contributed by atoms with E-state index in [9.17, 15) is 0 Å². The topological polar surface area (TPSA) is 45.0 Å². The third-order valence-corrected chi connectivity index (χ3v) is 2.88. The number of hydrogen-bond acceptors (Lipinski definition) is 2. The van der Waals surface area contributed by atoms with Crippen LogP contribution in [0.4, 0.5) is 0 Å². The monoisotopic (exact) mass is 215 g/mol. The summed E-state index contributed by atoms with van der Waals surface area (Å²) in [5, 5.41) is 0. The summed E-state index contributed by atoms with van der Waals surface area (Å²) < 4.78 is 0. The molecule has 0 aliphatic carbocycles.